The fraction of sp³-hybridized carbons (Fsp3) is 0.375. The summed E-state index contributed by atoms with van der Waals surface area (Å²) in [5.74, 6) is 0.918. The van der Waals surface area contributed by atoms with Gasteiger partial charge in [-0.15, -0.1) is 0 Å². The van der Waals surface area contributed by atoms with Gasteiger partial charge in [-0.1, -0.05) is 5.16 Å². The Morgan fingerprint density at radius 1 is 1.57 bits per heavy atom. The Morgan fingerprint density at radius 3 is 2.86 bits per heavy atom. The molecule has 2 aromatic rings. The second-order valence-electron chi connectivity index (χ2n) is 3.17. The van der Waals surface area contributed by atoms with Gasteiger partial charge in [0.25, 0.3) is 5.89 Å². The summed E-state index contributed by atoms with van der Waals surface area (Å²) in [5.41, 5.74) is 7.31. The summed E-state index contributed by atoms with van der Waals surface area (Å²) in [6.45, 7) is 3.71. The highest BCUT2D eigenvalue weighted by atomic mass is 16.5. The van der Waals surface area contributed by atoms with Crippen molar-refractivity contribution < 1.29 is 4.52 Å². The van der Waals surface area contributed by atoms with Crippen molar-refractivity contribution in [1.82, 2.24) is 20.3 Å². The zero-order valence-electron chi connectivity index (χ0n) is 7.98. The number of hydrogen-bond acceptors (Lipinski definition) is 5. The van der Waals surface area contributed by atoms with Crippen LogP contribution in [0.25, 0.3) is 11.6 Å². The van der Waals surface area contributed by atoms with Crippen molar-refractivity contribution in [1.29, 1.82) is 0 Å². The normalized spacial score (nSPS) is 13.1. The topological polar surface area (TPSA) is 93.6 Å². The molecule has 2 rings (SSSR count). The van der Waals surface area contributed by atoms with Crippen LogP contribution in [0.3, 0.4) is 0 Å². The standard InChI is InChI=1S/C8H11N5O/c1-4-3-10-12-6(4)8-11-7(5(2)9)13-14-8/h3,5H,9H2,1-2H3,(H,10,12). The number of rotatable bonds is 2. The molecule has 1 unspecified atom stereocenters. The van der Waals surface area contributed by atoms with Gasteiger partial charge in [0.1, 0.15) is 5.69 Å². The molecule has 1 atom stereocenters. The van der Waals surface area contributed by atoms with Crippen LogP contribution in [0.4, 0.5) is 0 Å². The van der Waals surface area contributed by atoms with E-state index >= 15 is 0 Å². The van der Waals surface area contributed by atoms with Gasteiger partial charge in [0.2, 0.25) is 0 Å². The van der Waals surface area contributed by atoms with Crippen LogP contribution in [0.15, 0.2) is 10.7 Å². The molecule has 6 heteroatoms. The maximum absolute atomic E-state index is 5.61. The molecule has 0 spiro atoms. The molecule has 0 aliphatic heterocycles. The second-order valence-corrected chi connectivity index (χ2v) is 3.17. The molecule has 0 saturated carbocycles. The average Bonchev–Trinajstić information content (AvgIpc) is 2.71. The van der Waals surface area contributed by atoms with E-state index in [4.69, 9.17) is 10.3 Å². The number of aromatic nitrogens is 4. The monoisotopic (exact) mass is 193 g/mol. The number of hydrogen-bond donors (Lipinski definition) is 2. The number of aromatic amines is 1. The van der Waals surface area contributed by atoms with Crippen molar-refractivity contribution in [3.8, 4) is 11.6 Å². The van der Waals surface area contributed by atoms with Crippen LogP contribution in [0.5, 0.6) is 0 Å². The van der Waals surface area contributed by atoms with Crippen LogP contribution in [-0.2, 0) is 0 Å². The molecule has 0 fully saturated rings. The van der Waals surface area contributed by atoms with Crippen molar-refractivity contribution in [2.24, 2.45) is 5.73 Å². The summed E-state index contributed by atoms with van der Waals surface area (Å²) in [5, 5.41) is 10.4. The molecule has 0 amide bonds. The fourth-order valence-electron chi connectivity index (χ4n) is 1.08. The Morgan fingerprint density at radius 2 is 2.36 bits per heavy atom. The minimum Gasteiger partial charge on any atom is -0.332 e. The van der Waals surface area contributed by atoms with Gasteiger partial charge in [-0.05, 0) is 19.4 Å². The molecule has 0 bridgehead atoms. The van der Waals surface area contributed by atoms with Crippen molar-refractivity contribution in [2.45, 2.75) is 19.9 Å². The Hall–Kier alpha value is -1.69. The number of nitrogens with zero attached hydrogens (tertiary/aromatic N) is 3. The highest BCUT2D eigenvalue weighted by Gasteiger charge is 2.14. The van der Waals surface area contributed by atoms with E-state index in [2.05, 4.69) is 20.3 Å². The molecule has 0 radical (unpaired) electrons. The van der Waals surface area contributed by atoms with Crippen LogP contribution in [-0.4, -0.2) is 20.3 Å². The lowest BCUT2D eigenvalue weighted by molar-refractivity contribution is 0.417. The van der Waals surface area contributed by atoms with Gasteiger partial charge >= 0.3 is 0 Å². The SMILES string of the molecule is Cc1cn[nH]c1-c1nc(C(C)N)no1. The summed E-state index contributed by atoms with van der Waals surface area (Å²) < 4.78 is 5.04. The molecule has 14 heavy (non-hydrogen) atoms. The van der Waals surface area contributed by atoms with Gasteiger partial charge in [0.15, 0.2) is 5.82 Å². The molecule has 3 N–H and O–H groups in total. The third kappa shape index (κ3) is 1.39. The van der Waals surface area contributed by atoms with E-state index in [0.717, 1.165) is 11.3 Å². The van der Waals surface area contributed by atoms with E-state index in [9.17, 15) is 0 Å². The average molecular weight is 193 g/mol. The van der Waals surface area contributed by atoms with Gasteiger partial charge in [-0.3, -0.25) is 5.10 Å². The van der Waals surface area contributed by atoms with Crippen LogP contribution in [0.2, 0.25) is 0 Å². The number of nitrogens with one attached hydrogen (secondary N) is 1. The van der Waals surface area contributed by atoms with Crippen molar-refractivity contribution in [3.63, 3.8) is 0 Å². The summed E-state index contributed by atoms with van der Waals surface area (Å²) >= 11 is 0. The van der Waals surface area contributed by atoms with Gasteiger partial charge in [0, 0.05) is 0 Å². The zero-order valence-corrected chi connectivity index (χ0v) is 7.98. The van der Waals surface area contributed by atoms with Crippen LogP contribution < -0.4 is 5.73 Å². The Bertz CT molecular complexity index is 430. The predicted molar refractivity (Wildman–Crippen MR) is 49.2 cm³/mol. The molecular formula is C8H11N5O. The molecule has 0 saturated heterocycles. The molecule has 2 aromatic heterocycles. The lowest BCUT2D eigenvalue weighted by Crippen LogP contribution is -2.06. The van der Waals surface area contributed by atoms with Crippen molar-refractivity contribution in [3.05, 3.63) is 17.6 Å². The van der Waals surface area contributed by atoms with Crippen LogP contribution in [0, 0.1) is 6.92 Å². The molecule has 74 valence electrons. The Labute approximate surface area is 80.5 Å². The fourth-order valence-corrected chi connectivity index (χ4v) is 1.08. The van der Waals surface area contributed by atoms with Crippen LogP contribution >= 0.6 is 0 Å². The first kappa shape index (κ1) is 8.89. The lowest BCUT2D eigenvalue weighted by atomic mass is 10.3. The minimum atomic E-state index is -0.226. The van der Waals surface area contributed by atoms with Gasteiger partial charge in [-0.25, -0.2) is 0 Å². The van der Waals surface area contributed by atoms with Gasteiger partial charge < -0.3 is 10.3 Å². The van der Waals surface area contributed by atoms with E-state index in [1.54, 1.807) is 13.1 Å². The smallest absolute Gasteiger partial charge is 0.276 e. The molecular weight excluding hydrogens is 182 g/mol. The van der Waals surface area contributed by atoms with E-state index in [1.807, 2.05) is 6.92 Å². The predicted octanol–water partition coefficient (Wildman–Crippen LogP) is 0.788. The summed E-state index contributed by atoms with van der Waals surface area (Å²) in [6.07, 6.45) is 1.70. The number of aryl methyl sites for hydroxylation is 1. The first-order valence-corrected chi connectivity index (χ1v) is 4.28. The van der Waals surface area contributed by atoms with E-state index in [-0.39, 0.29) is 6.04 Å². The van der Waals surface area contributed by atoms with Crippen molar-refractivity contribution in [2.75, 3.05) is 0 Å². The summed E-state index contributed by atoms with van der Waals surface area (Å²) in [4.78, 5) is 4.14. The number of nitrogens with two attached hydrogens (primary N) is 1. The first-order chi connectivity index (χ1) is 6.68. The molecule has 2 heterocycles. The Balaban J connectivity index is 2.39. The van der Waals surface area contributed by atoms with Gasteiger partial charge in [-0.2, -0.15) is 10.1 Å². The van der Waals surface area contributed by atoms with Crippen molar-refractivity contribution >= 4 is 0 Å². The van der Waals surface area contributed by atoms with E-state index < -0.39 is 0 Å². The molecule has 6 nitrogen and oxygen atoms in total. The van der Waals surface area contributed by atoms with E-state index in [1.165, 1.54) is 0 Å². The first-order valence-electron chi connectivity index (χ1n) is 4.28. The summed E-state index contributed by atoms with van der Waals surface area (Å²) in [6, 6.07) is -0.226. The maximum Gasteiger partial charge on any atom is 0.276 e. The van der Waals surface area contributed by atoms with E-state index in [0.29, 0.717) is 11.7 Å². The summed E-state index contributed by atoms with van der Waals surface area (Å²) in [7, 11) is 0. The molecule has 0 aromatic carbocycles. The second kappa shape index (κ2) is 3.22. The lowest BCUT2D eigenvalue weighted by Gasteiger charge is -1.93. The highest BCUT2D eigenvalue weighted by molar-refractivity contribution is 5.50. The number of H-pyrrole nitrogens is 1. The largest absolute Gasteiger partial charge is 0.332 e. The highest BCUT2D eigenvalue weighted by Crippen LogP contribution is 2.19. The van der Waals surface area contributed by atoms with Gasteiger partial charge in [0.05, 0.1) is 12.2 Å². The quantitative estimate of drug-likeness (QED) is 0.735. The maximum atomic E-state index is 5.61. The molecule has 0 aliphatic rings. The third-order valence-corrected chi connectivity index (χ3v) is 1.89. The molecule has 0 aliphatic carbocycles. The Kier molecular flexibility index (Phi) is 2.05. The minimum absolute atomic E-state index is 0.226. The van der Waals surface area contributed by atoms with Crippen LogP contribution in [0.1, 0.15) is 24.4 Å². The zero-order chi connectivity index (χ0) is 10.1. The third-order valence-electron chi connectivity index (χ3n) is 1.89.